The van der Waals surface area contributed by atoms with Gasteiger partial charge in [-0.25, -0.2) is 0 Å². The zero-order valence-corrected chi connectivity index (χ0v) is 32.8. The second kappa shape index (κ2) is 11.7. The molecule has 3 radical (unpaired) electrons. The molecule has 6 nitrogen and oxygen atoms in total. The minimum atomic E-state index is -0.214. The van der Waals surface area contributed by atoms with Crippen molar-refractivity contribution < 1.29 is 29.0 Å². The normalized spacial score (nSPS) is 68.7. The highest BCUT2D eigenvalue weighted by Gasteiger charge is 2.82. The SMILES string of the molecule is O[B]OC1CCC2C3CCC4C5CCCC6CC7CCC8CCC9C%10CCC%11CC(O[B]O)C%12C(O[B]O)C1C2C1C%12C%11C%10C2C%10C9C8C7C(C65)C%10C4C3C12. The zero-order valence-electron chi connectivity index (χ0n) is 32.8. The maximum Gasteiger partial charge on any atom is 0.485 e. The molecule has 0 aliphatic heterocycles. The van der Waals surface area contributed by atoms with E-state index in [1.165, 1.54) is 38.5 Å². The molecule has 15 aliphatic rings. The third kappa shape index (κ3) is 3.79. The lowest BCUT2D eigenvalue weighted by Gasteiger charge is -2.84. The minimum Gasteiger partial charge on any atom is -0.429 e. The zero-order chi connectivity index (χ0) is 35.7. The number of hydrogen-bond donors (Lipinski definition) is 3. The van der Waals surface area contributed by atoms with Crippen LogP contribution in [0.15, 0.2) is 0 Å². The van der Waals surface area contributed by atoms with Crippen LogP contribution in [0.5, 0.6) is 0 Å². The van der Waals surface area contributed by atoms with Crippen molar-refractivity contribution in [2.45, 2.75) is 115 Å². The molecule has 0 heterocycles. The van der Waals surface area contributed by atoms with Crippen LogP contribution in [-0.2, 0) is 14.0 Å². The van der Waals surface area contributed by atoms with Gasteiger partial charge in [-0.15, -0.1) is 0 Å². The van der Waals surface area contributed by atoms with Crippen LogP contribution in [0.3, 0.4) is 0 Å². The lowest BCUT2D eigenvalue weighted by Crippen LogP contribution is -2.81. The van der Waals surface area contributed by atoms with E-state index in [0.29, 0.717) is 29.6 Å². The van der Waals surface area contributed by atoms with E-state index in [2.05, 4.69) is 0 Å². The van der Waals surface area contributed by atoms with Crippen LogP contribution in [0.4, 0.5) is 0 Å². The third-order valence-corrected chi connectivity index (χ3v) is 24.5. The third-order valence-electron chi connectivity index (χ3n) is 24.5. The molecule has 0 aromatic carbocycles. The predicted molar refractivity (Wildman–Crippen MR) is 206 cm³/mol. The monoisotopic (exact) mass is 745 g/mol. The Morgan fingerprint density at radius 3 is 1.36 bits per heavy atom. The second-order valence-corrected chi connectivity index (χ2v) is 24.0. The van der Waals surface area contributed by atoms with Gasteiger partial charge < -0.3 is 29.0 Å². The summed E-state index contributed by atoms with van der Waals surface area (Å²) in [6.07, 6.45) is 21.1. The van der Waals surface area contributed by atoms with Gasteiger partial charge in [0.15, 0.2) is 0 Å². The van der Waals surface area contributed by atoms with Crippen LogP contribution in [0.1, 0.15) is 96.3 Å². The van der Waals surface area contributed by atoms with Crippen molar-refractivity contribution in [1.82, 2.24) is 0 Å². The van der Waals surface area contributed by atoms with Crippen molar-refractivity contribution >= 4 is 23.1 Å². The topological polar surface area (TPSA) is 88.4 Å². The molecule has 0 aromatic heterocycles. The fourth-order valence-corrected chi connectivity index (χ4v) is 25.2. The molecule has 0 saturated heterocycles. The fourth-order valence-electron chi connectivity index (χ4n) is 25.2. The van der Waals surface area contributed by atoms with E-state index in [-0.39, 0.29) is 30.1 Å². The maximum atomic E-state index is 10.6. The molecule has 0 spiro atoms. The largest absolute Gasteiger partial charge is 0.485 e. The van der Waals surface area contributed by atoms with E-state index >= 15 is 0 Å². The van der Waals surface area contributed by atoms with Crippen molar-refractivity contribution in [3.8, 4) is 0 Å². The van der Waals surface area contributed by atoms with Crippen LogP contribution in [0, 0.1) is 166 Å². The summed E-state index contributed by atoms with van der Waals surface area (Å²) < 4.78 is 19.3. The van der Waals surface area contributed by atoms with Gasteiger partial charge in [0, 0.05) is 24.0 Å². The summed E-state index contributed by atoms with van der Waals surface area (Å²) in [5.41, 5.74) is 0. The second-order valence-electron chi connectivity index (χ2n) is 24.0. The lowest BCUT2D eigenvalue weighted by molar-refractivity contribution is -0.374. The number of rotatable bonds is 6. The Labute approximate surface area is 331 Å². The van der Waals surface area contributed by atoms with E-state index in [1.807, 2.05) is 0 Å². The average molecular weight is 745 g/mol. The number of fused-ring (bicyclic) bond motifs is 3. The molecule has 3 N–H and O–H groups in total. The highest BCUT2D eigenvalue weighted by atomic mass is 16.5. The van der Waals surface area contributed by atoms with Gasteiger partial charge in [-0.05, 0) is 237 Å². The standard InChI is InChI=1S/C46H64B3O6/c50-47-53-26-13-12-25-24-11-10-23-20-3-1-2-17-14-18-5-4-16-6-8-21-22-9-7-19-15-27(54-48-51)38-40-31(19)33(22)42-41-32(21)29(16)30(18)39(28(17)20)43(41)34(23)35(24)44(42)45(40)36(25)37(26)46(38)55-49-52/h16-46,50-52H,1-15H2. The Morgan fingerprint density at radius 2 is 0.691 bits per heavy atom. The summed E-state index contributed by atoms with van der Waals surface area (Å²) in [6.45, 7) is 0. The van der Waals surface area contributed by atoms with Crippen molar-refractivity contribution in [3.63, 3.8) is 0 Å². The van der Waals surface area contributed by atoms with Crippen molar-refractivity contribution in [2.75, 3.05) is 0 Å². The van der Waals surface area contributed by atoms with Gasteiger partial charge >= 0.3 is 23.1 Å². The Morgan fingerprint density at radius 1 is 0.291 bits per heavy atom. The minimum absolute atomic E-state index is 0.0965. The molecule has 31 unspecified atom stereocenters. The van der Waals surface area contributed by atoms with Crippen LogP contribution in [0.2, 0.25) is 0 Å². The fraction of sp³-hybridized carbons (Fsp3) is 1.00. The summed E-state index contributed by atoms with van der Waals surface area (Å²) in [4.78, 5) is 0. The van der Waals surface area contributed by atoms with Crippen LogP contribution in [0.25, 0.3) is 0 Å². The first kappa shape index (κ1) is 33.6. The van der Waals surface area contributed by atoms with E-state index in [4.69, 9.17) is 14.0 Å². The Bertz CT molecular complexity index is 1600. The highest BCUT2D eigenvalue weighted by molar-refractivity contribution is 6.16. The quantitative estimate of drug-likeness (QED) is 0.288. The molecule has 55 heavy (non-hydrogen) atoms. The maximum absolute atomic E-state index is 10.6. The Balaban J connectivity index is 0.985. The van der Waals surface area contributed by atoms with Crippen LogP contribution < -0.4 is 0 Å². The summed E-state index contributed by atoms with van der Waals surface area (Å²) in [6, 6.07) is 0. The molecule has 15 fully saturated rings. The molecule has 31 atom stereocenters. The lowest BCUT2D eigenvalue weighted by atomic mass is 9.21. The first-order valence-electron chi connectivity index (χ1n) is 24.6. The van der Waals surface area contributed by atoms with Crippen molar-refractivity contribution in [1.29, 1.82) is 0 Å². The van der Waals surface area contributed by atoms with Crippen molar-refractivity contribution in [2.24, 2.45) is 166 Å². The van der Waals surface area contributed by atoms with Gasteiger partial charge in [0.1, 0.15) is 0 Å². The first-order chi connectivity index (χ1) is 27.2. The van der Waals surface area contributed by atoms with Crippen LogP contribution >= 0.6 is 0 Å². The van der Waals surface area contributed by atoms with Gasteiger partial charge in [-0.1, -0.05) is 12.8 Å². The van der Waals surface area contributed by atoms with Crippen LogP contribution in [-0.4, -0.2) is 56.4 Å². The first-order valence-corrected chi connectivity index (χ1v) is 24.6. The van der Waals surface area contributed by atoms with E-state index in [1.54, 1.807) is 44.9 Å². The molecule has 0 aromatic rings. The van der Waals surface area contributed by atoms with E-state index in [9.17, 15) is 15.1 Å². The summed E-state index contributed by atoms with van der Waals surface area (Å²) in [5, 5.41) is 31.2. The molecule has 15 saturated carbocycles. The predicted octanol–water partition coefficient (Wildman–Crippen LogP) is 6.03. The van der Waals surface area contributed by atoms with Gasteiger partial charge in [-0.2, -0.15) is 0 Å². The van der Waals surface area contributed by atoms with Gasteiger partial charge in [0.2, 0.25) is 0 Å². The molecular weight excluding hydrogens is 681 g/mol. The smallest absolute Gasteiger partial charge is 0.429 e. The van der Waals surface area contributed by atoms with Gasteiger partial charge in [-0.3, -0.25) is 0 Å². The number of hydrogen-bond acceptors (Lipinski definition) is 6. The molecule has 15 aliphatic carbocycles. The molecule has 293 valence electrons. The molecule has 0 amide bonds. The summed E-state index contributed by atoms with van der Waals surface area (Å²) in [5.74, 6) is 23.8. The Kier molecular flexibility index (Phi) is 7.13. The van der Waals surface area contributed by atoms with E-state index in [0.717, 1.165) is 160 Å². The molecule has 15 rings (SSSR count). The molecule has 0 bridgehead atoms. The van der Waals surface area contributed by atoms with Gasteiger partial charge in [0.05, 0.1) is 6.10 Å². The molecule has 9 heteroatoms. The summed E-state index contributed by atoms with van der Waals surface area (Å²) in [7, 11) is 2.97. The van der Waals surface area contributed by atoms with Crippen molar-refractivity contribution in [3.05, 3.63) is 0 Å². The van der Waals surface area contributed by atoms with E-state index < -0.39 is 0 Å². The summed E-state index contributed by atoms with van der Waals surface area (Å²) >= 11 is 0. The highest BCUT2D eigenvalue weighted by Crippen LogP contribution is 2.85. The Hall–Kier alpha value is -0.0452. The van der Waals surface area contributed by atoms with Gasteiger partial charge in [0.25, 0.3) is 0 Å². The average Bonchev–Trinajstić information content (AvgIpc) is 3.21. The molecular formula is C46H64B3O6.